The van der Waals surface area contributed by atoms with E-state index in [0.29, 0.717) is 24.1 Å². The first-order valence-electron chi connectivity index (χ1n) is 30.4. The number of hydrogen-bond donors (Lipinski definition) is 16. The molecule has 0 spiro atoms. The lowest BCUT2D eigenvalue weighted by molar-refractivity contribution is -0.385. The van der Waals surface area contributed by atoms with Gasteiger partial charge in [-0.05, 0) is 24.3 Å². The van der Waals surface area contributed by atoms with Crippen LogP contribution in [0.4, 0.5) is 44.8 Å². The number of carbonyl (C=O) groups excluding carboxylic acids is 2. The molecule has 48 heteroatoms. The zero-order valence-electron chi connectivity index (χ0n) is 53.0. The van der Waals surface area contributed by atoms with Crippen LogP contribution < -0.4 is 76.7 Å². The number of aromatic amines is 4. The average Bonchev–Trinajstić information content (AvgIpc) is 1.65. The van der Waals surface area contributed by atoms with Crippen LogP contribution in [0.1, 0.15) is 58.0 Å². The first kappa shape index (κ1) is 76.7. The van der Waals surface area contributed by atoms with E-state index in [2.05, 4.69) is 70.4 Å². The Hall–Kier alpha value is -11.4. The molecule has 14 rings (SSSR count). The van der Waals surface area contributed by atoms with Crippen molar-refractivity contribution in [2.24, 2.45) is 11.5 Å². The molecule has 0 bridgehead atoms. The number of nitrogen functional groups attached to an aromatic ring is 4. The van der Waals surface area contributed by atoms with Gasteiger partial charge in [0.15, 0.2) is 44.7 Å². The molecule has 4 saturated heterocycles. The molecular formula is C56H68Cl2N26O20. The smallest absolute Gasteiger partial charge is 0.395 e. The van der Waals surface area contributed by atoms with Crippen molar-refractivity contribution >= 4 is 115 Å². The molecule has 2 amide bonds. The lowest BCUT2D eigenvalue weighted by Crippen LogP contribution is -2.49. The number of non-ortho nitro benzene ring substituents is 2. The minimum Gasteiger partial charge on any atom is -0.395 e. The molecule has 104 heavy (non-hydrogen) atoms. The number of alkyl halides is 2. The molecule has 10 aromatic rings. The van der Waals surface area contributed by atoms with Crippen LogP contribution in [0.3, 0.4) is 0 Å². The number of halogens is 2. The number of aliphatic hydroxyl groups excluding tert-OH is 4. The summed E-state index contributed by atoms with van der Waals surface area (Å²) in [5.41, 5.74) is 33.2. The first-order valence-corrected chi connectivity index (χ1v) is 31.4. The van der Waals surface area contributed by atoms with E-state index >= 15 is 0 Å². The lowest BCUT2D eigenvalue weighted by atomic mass is 10.1. The monoisotopic (exact) mass is 1490 g/mol. The maximum absolute atomic E-state index is 12.7. The number of nitro groups is 2. The molecule has 22 N–H and O–H groups in total. The summed E-state index contributed by atoms with van der Waals surface area (Å²) in [5, 5.41) is 65.9. The number of hydrogen-bond acceptors (Lipinski definition) is 34. The molecule has 4 fully saturated rings. The third kappa shape index (κ3) is 17.5. The number of aliphatic hydroxyl groups is 4. The SMILES string of the molecule is C.ClCCl.NC[C@H]1O[C@@H](n2cnc3c(=O)[nH]c(N)nc32)C[C@@H]1O.Nc1nc2c(ncn2[C@H]2C[C@H](N)[C@@H](CO)O2)c(=O)[nH]1.Nc1nc2c(ncn2[C@H]2C[C@H](NC(=O)NC[C@H]3O[C@@H](n4cnc5c(=O)[nH]c(N)nc54)C[C@@H]3O)[C@@H](CO)O2)c(=O)[nH]1.O=C(Oc1ccc([N+](=O)[O-])cc1)Oc1ccc([N+](=O)[O-])cc1. The minimum atomic E-state index is -1.07. The van der Waals surface area contributed by atoms with Gasteiger partial charge in [0.1, 0.15) is 48.6 Å². The second kappa shape index (κ2) is 33.6. The number of ether oxygens (including phenoxy) is 6. The van der Waals surface area contributed by atoms with Crippen molar-refractivity contribution in [3.8, 4) is 11.5 Å². The summed E-state index contributed by atoms with van der Waals surface area (Å²) < 4.78 is 38.9. The van der Waals surface area contributed by atoms with Crippen molar-refractivity contribution in [1.29, 1.82) is 0 Å². The van der Waals surface area contributed by atoms with E-state index in [1.165, 1.54) is 83.0 Å². The number of amides is 2. The third-order valence-electron chi connectivity index (χ3n) is 15.8. The fraction of sp³-hybridized carbons (Fsp3) is 0.393. The number of nitrogens with two attached hydrogens (primary N) is 6. The standard InChI is InChI=1S/C21H26N12O7.C13H8N2O7.2C10H14N6O3.CH2Cl2.CH4/c22-19-28-15-13(17(36)30-19)25-5-32(15)11-1-7(10(4-34)40-11)27-21(38)24-3-9-8(35)2-12(39-9)33-6-26-14-16(33)29-20(23)31-18(14)37;16-13(21-11-5-1-9(2-6-11)14(17)18)22-12-7-3-10(4-8-12)15(19)20;11-4-1-6(19-5(4)2-17)16-3-13-7-8(16)14-10(12)15-9(7)18;11-2-5-4(17)1-6(19-5)16-3-13-7-8(16)14-10(12)15-9(7)18;2-1-3;/h5-12,34-35H,1-4H2,(H2,24,27,38)(H3,22,28,30,36)(H3,23,29,31,37);1-8H;2*3-6,17H,1-2,11H2,(H3,12,14,15,18);1H2;1H4/t7-,8-,9+,10+,11+,12+;;2*4-,5+,6+;;/m0.00../s1. The molecule has 12 atom stereocenters. The summed E-state index contributed by atoms with van der Waals surface area (Å²) in [7, 11) is 0. The second-order valence-electron chi connectivity index (χ2n) is 22.5. The van der Waals surface area contributed by atoms with Crippen LogP contribution in [-0.2, 0) is 18.9 Å². The van der Waals surface area contributed by atoms with E-state index < -0.39 is 112 Å². The maximum Gasteiger partial charge on any atom is 0.519 e. The highest BCUT2D eigenvalue weighted by atomic mass is 35.5. The highest BCUT2D eigenvalue weighted by molar-refractivity contribution is 6.40. The second-order valence-corrected chi connectivity index (χ2v) is 23.3. The molecule has 556 valence electrons. The predicted octanol–water partition coefficient (Wildman–Crippen LogP) is -1.23. The highest BCUT2D eigenvalue weighted by Gasteiger charge is 2.41. The van der Waals surface area contributed by atoms with Gasteiger partial charge in [0.05, 0.1) is 84.2 Å². The van der Waals surface area contributed by atoms with Gasteiger partial charge in [0, 0.05) is 69.1 Å². The number of carbonyl (C=O) groups is 2. The Labute approximate surface area is 589 Å². The normalized spacial score (nSPS) is 22.4. The highest BCUT2D eigenvalue weighted by Crippen LogP contribution is 2.34. The molecule has 4 aliphatic rings. The average molecular weight is 1500 g/mol. The van der Waals surface area contributed by atoms with E-state index in [4.69, 9.17) is 91.1 Å². The van der Waals surface area contributed by atoms with Gasteiger partial charge < -0.3 is 93.9 Å². The number of urea groups is 1. The Morgan fingerprint density at radius 3 is 1.22 bits per heavy atom. The van der Waals surface area contributed by atoms with E-state index in [1.807, 2.05) is 0 Å². The fourth-order valence-electron chi connectivity index (χ4n) is 11.0. The van der Waals surface area contributed by atoms with Gasteiger partial charge in [-0.1, -0.05) is 7.43 Å². The first-order chi connectivity index (χ1) is 49.3. The van der Waals surface area contributed by atoms with Crippen molar-refractivity contribution in [1.82, 2.24) is 88.7 Å². The number of nitrogens with zero attached hydrogens (tertiary/aromatic N) is 14. The van der Waals surface area contributed by atoms with Crippen LogP contribution in [0, 0.1) is 20.2 Å². The molecule has 0 radical (unpaired) electrons. The zero-order valence-corrected chi connectivity index (χ0v) is 54.5. The Morgan fingerprint density at radius 2 is 0.885 bits per heavy atom. The number of benzene rings is 2. The number of nitro benzene ring substituents is 2. The molecule has 46 nitrogen and oxygen atoms in total. The van der Waals surface area contributed by atoms with Gasteiger partial charge in [-0.3, -0.25) is 77.6 Å². The van der Waals surface area contributed by atoms with Crippen LogP contribution in [-0.4, -0.2) is 201 Å². The van der Waals surface area contributed by atoms with Crippen LogP contribution in [0.2, 0.25) is 0 Å². The van der Waals surface area contributed by atoms with E-state index in [1.54, 1.807) is 9.13 Å². The molecule has 0 saturated carbocycles. The van der Waals surface area contributed by atoms with Crippen LogP contribution in [0.25, 0.3) is 44.7 Å². The molecule has 4 aliphatic heterocycles. The summed E-state index contributed by atoms with van der Waals surface area (Å²) in [6.45, 7) is -0.345. The summed E-state index contributed by atoms with van der Waals surface area (Å²) in [4.78, 5) is 133. The Kier molecular flexibility index (Phi) is 24.8. The van der Waals surface area contributed by atoms with Crippen molar-refractivity contribution in [2.45, 2.75) is 107 Å². The van der Waals surface area contributed by atoms with E-state index in [9.17, 15) is 64.3 Å². The topological polar surface area (TPSA) is 691 Å². The predicted molar refractivity (Wildman–Crippen MR) is 364 cm³/mol. The van der Waals surface area contributed by atoms with Gasteiger partial charge >= 0.3 is 12.2 Å². The van der Waals surface area contributed by atoms with Crippen molar-refractivity contribution in [3.05, 3.63) is 135 Å². The van der Waals surface area contributed by atoms with Gasteiger partial charge in [0.2, 0.25) is 23.8 Å². The van der Waals surface area contributed by atoms with E-state index in [-0.39, 0.29) is 138 Å². The number of aromatic nitrogens is 16. The number of H-pyrrole nitrogens is 4. The van der Waals surface area contributed by atoms with Gasteiger partial charge in [0.25, 0.3) is 33.6 Å². The molecule has 8 aromatic heterocycles. The number of fused-ring (bicyclic) bond motifs is 4. The molecule has 0 aliphatic carbocycles. The van der Waals surface area contributed by atoms with Crippen LogP contribution in [0.5, 0.6) is 11.5 Å². The Balaban J connectivity index is 0.000000168. The third-order valence-corrected chi connectivity index (χ3v) is 15.8. The summed E-state index contributed by atoms with van der Waals surface area (Å²) in [5.74, 6) is -0.00966. The summed E-state index contributed by atoms with van der Waals surface area (Å²) in [6.07, 6.45) is -0.302. The van der Waals surface area contributed by atoms with Gasteiger partial charge in [-0.25, -0.2) is 29.5 Å². The molecule has 0 unspecified atom stereocenters. The van der Waals surface area contributed by atoms with Gasteiger partial charge in [-0.15, -0.1) is 23.2 Å². The lowest BCUT2D eigenvalue weighted by Gasteiger charge is -2.20. The molecule has 2 aromatic carbocycles. The molecule has 12 heterocycles. The maximum atomic E-state index is 12.7. The zero-order chi connectivity index (χ0) is 74.1. The number of rotatable bonds is 14. The van der Waals surface area contributed by atoms with Crippen molar-refractivity contribution in [2.75, 3.05) is 54.6 Å². The van der Waals surface area contributed by atoms with E-state index in [0.717, 1.165) is 0 Å². The molecular weight excluding hydrogens is 1430 g/mol. The number of anilines is 4. The Morgan fingerprint density at radius 1 is 0.558 bits per heavy atom. The van der Waals surface area contributed by atoms with Crippen LogP contribution in [0.15, 0.2) is 93.0 Å². The largest absolute Gasteiger partial charge is 0.519 e. The quantitative estimate of drug-likeness (QED) is 0.0199. The number of imidazole rings is 4. The van der Waals surface area contributed by atoms with Gasteiger partial charge in [-0.2, -0.15) is 19.9 Å². The van der Waals surface area contributed by atoms with Crippen molar-refractivity contribution in [3.63, 3.8) is 0 Å². The summed E-state index contributed by atoms with van der Waals surface area (Å²) in [6, 6.07) is 8.24. The van der Waals surface area contributed by atoms with Crippen LogP contribution >= 0.6 is 23.2 Å². The van der Waals surface area contributed by atoms with Crippen molar-refractivity contribution < 1.29 is 68.3 Å². The minimum absolute atomic E-state index is 0. The number of nitrogens with one attached hydrogen (secondary N) is 6. The summed E-state index contributed by atoms with van der Waals surface area (Å²) >= 11 is 9.53. The fourth-order valence-corrected chi connectivity index (χ4v) is 11.0. The Bertz CT molecular complexity index is 4760.